The standard InChI is InChI=1S/C31H61N3O13S2/c1-10-23(36)16-25(38)15-22(28(41)34-31(8,9)18-49(45,46)47)13-20(27(40)33-30(6,7)17-48(42,43)44)12-21(14-24(37)11-19(2)35)26(39)32-29(3,4)5/h19-25,35-38H,10-18H2,1-9H3,(H,32,39)(H,33,40)(H,34,41)(H,42,43,44)(H,45,46,47). The van der Waals surface area contributed by atoms with Gasteiger partial charge in [0.2, 0.25) is 17.7 Å². The van der Waals surface area contributed by atoms with Crippen molar-refractivity contribution in [1.82, 2.24) is 16.0 Å². The van der Waals surface area contributed by atoms with Gasteiger partial charge in [0.15, 0.2) is 0 Å². The molecule has 3 amide bonds. The van der Waals surface area contributed by atoms with Crippen molar-refractivity contribution in [3.05, 3.63) is 0 Å². The van der Waals surface area contributed by atoms with Crippen LogP contribution in [0.5, 0.6) is 0 Å². The molecule has 0 spiro atoms. The zero-order valence-electron chi connectivity index (χ0n) is 30.3. The molecule has 290 valence electrons. The normalized spacial score (nSPS) is 17.6. The van der Waals surface area contributed by atoms with Gasteiger partial charge in [-0.15, -0.1) is 0 Å². The number of aliphatic hydroxyl groups excluding tert-OH is 4. The minimum Gasteiger partial charge on any atom is -0.393 e. The zero-order chi connectivity index (χ0) is 38.8. The molecule has 0 saturated carbocycles. The number of carbonyl (C=O) groups is 3. The SMILES string of the molecule is CCC(O)CC(O)CC(CC(CC(CC(O)CC(C)O)C(=O)NC(C)(C)C)C(=O)NC(C)(C)CS(=O)(=O)O)C(=O)NC(C)(C)CS(=O)(=O)O. The van der Waals surface area contributed by atoms with Crippen LogP contribution in [0.4, 0.5) is 0 Å². The molecule has 18 heteroatoms. The summed E-state index contributed by atoms with van der Waals surface area (Å²) in [6, 6.07) is 0. The van der Waals surface area contributed by atoms with Crippen LogP contribution in [0.2, 0.25) is 0 Å². The minimum absolute atomic E-state index is 0.0859. The Labute approximate surface area is 291 Å². The monoisotopic (exact) mass is 747 g/mol. The fourth-order valence-electron chi connectivity index (χ4n) is 5.67. The third-order valence-corrected chi connectivity index (χ3v) is 9.67. The Kier molecular flexibility index (Phi) is 18.3. The molecule has 0 aromatic rings. The average Bonchev–Trinajstić information content (AvgIpc) is 2.81. The Morgan fingerprint density at radius 1 is 0.551 bits per heavy atom. The van der Waals surface area contributed by atoms with Gasteiger partial charge in [-0.25, -0.2) is 0 Å². The number of amides is 3. The van der Waals surface area contributed by atoms with Crippen molar-refractivity contribution in [3.8, 4) is 0 Å². The van der Waals surface area contributed by atoms with Crippen molar-refractivity contribution < 1.29 is 60.8 Å². The first-order chi connectivity index (χ1) is 21.8. The molecule has 0 aliphatic heterocycles. The number of rotatable bonds is 22. The summed E-state index contributed by atoms with van der Waals surface area (Å²) >= 11 is 0. The average molecular weight is 748 g/mol. The van der Waals surface area contributed by atoms with Crippen LogP contribution in [0.25, 0.3) is 0 Å². The molecule has 0 aliphatic rings. The maximum Gasteiger partial charge on any atom is 0.267 e. The molecule has 0 saturated heterocycles. The number of hydrogen-bond donors (Lipinski definition) is 9. The molecule has 0 heterocycles. The minimum atomic E-state index is -4.57. The van der Waals surface area contributed by atoms with Crippen molar-refractivity contribution in [2.45, 2.75) is 148 Å². The van der Waals surface area contributed by atoms with Crippen LogP contribution in [-0.4, -0.2) is 117 Å². The van der Waals surface area contributed by atoms with E-state index in [-0.39, 0.29) is 38.5 Å². The van der Waals surface area contributed by atoms with Crippen molar-refractivity contribution in [2.75, 3.05) is 11.5 Å². The van der Waals surface area contributed by atoms with Gasteiger partial charge in [-0.05, 0) is 100 Å². The van der Waals surface area contributed by atoms with Crippen molar-refractivity contribution >= 4 is 38.0 Å². The Bertz CT molecular complexity index is 1300. The topological polar surface area (TPSA) is 277 Å². The summed E-state index contributed by atoms with van der Waals surface area (Å²) in [4.78, 5) is 41.2. The van der Waals surface area contributed by atoms with Gasteiger partial charge in [0.05, 0.1) is 47.0 Å². The van der Waals surface area contributed by atoms with E-state index in [1.807, 2.05) is 0 Å². The predicted octanol–water partition coefficient (Wildman–Crippen LogP) is 0.529. The van der Waals surface area contributed by atoms with Gasteiger partial charge >= 0.3 is 0 Å². The van der Waals surface area contributed by atoms with Crippen LogP contribution in [0.3, 0.4) is 0 Å². The lowest BCUT2D eigenvalue weighted by molar-refractivity contribution is -0.133. The van der Waals surface area contributed by atoms with Gasteiger partial charge in [-0.2, -0.15) is 16.8 Å². The number of carbonyl (C=O) groups excluding carboxylic acids is 3. The van der Waals surface area contributed by atoms with E-state index in [0.717, 1.165) is 0 Å². The molecule has 0 aromatic heterocycles. The fraction of sp³-hybridized carbons (Fsp3) is 0.903. The Morgan fingerprint density at radius 2 is 0.878 bits per heavy atom. The first-order valence-electron chi connectivity index (χ1n) is 16.4. The lowest BCUT2D eigenvalue weighted by Crippen LogP contribution is -2.53. The molecular weight excluding hydrogens is 686 g/mol. The summed E-state index contributed by atoms with van der Waals surface area (Å²) in [6.07, 6.45) is -5.37. The quantitative estimate of drug-likeness (QED) is 0.0685. The van der Waals surface area contributed by atoms with E-state index >= 15 is 0 Å². The van der Waals surface area contributed by atoms with Crippen LogP contribution < -0.4 is 16.0 Å². The van der Waals surface area contributed by atoms with Crippen LogP contribution in [0.15, 0.2) is 0 Å². The second-order valence-electron chi connectivity index (χ2n) is 15.7. The summed E-state index contributed by atoms with van der Waals surface area (Å²) < 4.78 is 65.5. The molecule has 9 N–H and O–H groups in total. The predicted molar refractivity (Wildman–Crippen MR) is 183 cm³/mol. The summed E-state index contributed by atoms with van der Waals surface area (Å²) in [5, 5.41) is 49.4. The first kappa shape index (κ1) is 47.1. The van der Waals surface area contributed by atoms with Gasteiger partial charge in [0.25, 0.3) is 20.2 Å². The molecule has 0 rings (SSSR count). The fourth-order valence-corrected chi connectivity index (χ4v) is 7.64. The Morgan fingerprint density at radius 3 is 1.18 bits per heavy atom. The van der Waals surface area contributed by atoms with Gasteiger partial charge in [0.1, 0.15) is 0 Å². The van der Waals surface area contributed by atoms with Crippen LogP contribution in [-0.2, 0) is 34.6 Å². The highest BCUT2D eigenvalue weighted by Crippen LogP contribution is 2.30. The van der Waals surface area contributed by atoms with E-state index in [1.165, 1.54) is 34.6 Å². The first-order valence-corrected chi connectivity index (χ1v) is 19.6. The molecule has 7 unspecified atom stereocenters. The van der Waals surface area contributed by atoms with E-state index < -0.39 is 108 Å². The molecule has 16 nitrogen and oxygen atoms in total. The van der Waals surface area contributed by atoms with Crippen molar-refractivity contribution in [3.63, 3.8) is 0 Å². The molecule has 0 aromatic carbocycles. The van der Waals surface area contributed by atoms with Crippen molar-refractivity contribution in [2.24, 2.45) is 17.8 Å². The van der Waals surface area contributed by atoms with E-state index in [0.29, 0.717) is 6.42 Å². The highest BCUT2D eigenvalue weighted by atomic mass is 32.2. The maximum absolute atomic E-state index is 13.9. The molecule has 49 heavy (non-hydrogen) atoms. The van der Waals surface area contributed by atoms with Gasteiger partial charge in [-0.3, -0.25) is 23.5 Å². The largest absolute Gasteiger partial charge is 0.393 e. The van der Waals surface area contributed by atoms with E-state index in [1.54, 1.807) is 27.7 Å². The molecule has 0 fully saturated rings. The zero-order valence-corrected chi connectivity index (χ0v) is 31.9. The Hall–Kier alpha value is -1.93. The van der Waals surface area contributed by atoms with Gasteiger partial charge in [0, 0.05) is 23.3 Å². The molecule has 0 aliphatic carbocycles. The van der Waals surface area contributed by atoms with E-state index in [2.05, 4.69) is 16.0 Å². The third-order valence-electron chi connectivity index (χ3n) is 7.50. The van der Waals surface area contributed by atoms with Gasteiger partial charge in [-0.1, -0.05) is 6.92 Å². The number of nitrogens with one attached hydrogen (secondary N) is 3. The van der Waals surface area contributed by atoms with Crippen LogP contribution >= 0.6 is 0 Å². The van der Waals surface area contributed by atoms with Crippen LogP contribution in [0, 0.1) is 17.8 Å². The maximum atomic E-state index is 13.9. The van der Waals surface area contributed by atoms with E-state index in [9.17, 15) is 60.8 Å². The number of hydrogen-bond acceptors (Lipinski definition) is 11. The van der Waals surface area contributed by atoms with Crippen LogP contribution in [0.1, 0.15) is 107 Å². The molecule has 7 atom stereocenters. The summed E-state index contributed by atoms with van der Waals surface area (Å²) in [6.45, 7) is 13.6. The highest BCUT2D eigenvalue weighted by Gasteiger charge is 2.38. The van der Waals surface area contributed by atoms with Crippen molar-refractivity contribution in [1.29, 1.82) is 0 Å². The van der Waals surface area contributed by atoms with Gasteiger partial charge < -0.3 is 36.4 Å². The smallest absolute Gasteiger partial charge is 0.267 e. The summed E-state index contributed by atoms with van der Waals surface area (Å²) in [5.74, 6) is -7.48. The second-order valence-corrected chi connectivity index (χ2v) is 18.6. The Balaban J connectivity index is 6.98. The number of aliphatic hydroxyl groups is 4. The lowest BCUT2D eigenvalue weighted by Gasteiger charge is -2.33. The third kappa shape index (κ3) is 22.5. The summed E-state index contributed by atoms with van der Waals surface area (Å²) in [7, 11) is -9.11. The highest BCUT2D eigenvalue weighted by molar-refractivity contribution is 7.86. The van der Waals surface area contributed by atoms with E-state index in [4.69, 9.17) is 0 Å². The lowest BCUT2D eigenvalue weighted by atomic mass is 9.80. The molecule has 0 bridgehead atoms. The second kappa shape index (κ2) is 19.1. The summed E-state index contributed by atoms with van der Waals surface area (Å²) in [5.41, 5.74) is -3.77. The molecular formula is C31H61N3O13S2. The molecule has 0 radical (unpaired) electrons.